The molecule has 0 saturated heterocycles. The molecule has 1 aliphatic carbocycles. The van der Waals surface area contributed by atoms with Crippen LogP contribution in [0.4, 0.5) is 17.2 Å². The van der Waals surface area contributed by atoms with Crippen LogP contribution in [-0.4, -0.2) is 50.9 Å². The van der Waals surface area contributed by atoms with Gasteiger partial charge in [-0.1, -0.05) is 6.07 Å². The number of carbonyl (C=O) groups is 2. The van der Waals surface area contributed by atoms with Crippen LogP contribution < -0.4 is 20.7 Å². The summed E-state index contributed by atoms with van der Waals surface area (Å²) in [6.07, 6.45) is 3.22. The van der Waals surface area contributed by atoms with E-state index in [4.69, 9.17) is 8.85 Å². The molecule has 1 aliphatic rings. The molecule has 3 aromatic rings. The van der Waals surface area contributed by atoms with Crippen molar-refractivity contribution >= 4 is 29.0 Å². The lowest BCUT2D eigenvalue weighted by molar-refractivity contribution is -0.117. The average molecular weight is 454 g/mol. The van der Waals surface area contributed by atoms with E-state index in [2.05, 4.69) is 30.9 Å². The number of nitrogens with zero attached hydrogens (tertiary/aromatic N) is 5. The Hall–Kier alpha value is -4.02. The third kappa shape index (κ3) is 4.76. The first-order valence-electron chi connectivity index (χ1n) is 11.9. The summed E-state index contributed by atoms with van der Waals surface area (Å²) in [6, 6.07) is 6.78. The fourth-order valence-electron chi connectivity index (χ4n) is 3.17. The molecule has 0 radical (unpaired) electrons. The van der Waals surface area contributed by atoms with Gasteiger partial charge in [0, 0.05) is 29.1 Å². The number of hydrogen-bond donors (Lipinski definition) is 3. The standard InChI is InChI=1S/C22H26N8O3/c1-12(2)30-11-24-20(29-30)14-6-5-7-15(19(14)33-4)25-16-10-17(26-21(31)13-8-9-13)27-28-18(16)22(32)23-3/h5-7,10-13H,8-9H2,1-4H3,(H,23,32)(H2,25,26,27,31)/i3D3. The van der Waals surface area contributed by atoms with Crippen molar-refractivity contribution in [3.63, 3.8) is 0 Å². The van der Waals surface area contributed by atoms with E-state index in [0.717, 1.165) is 12.8 Å². The van der Waals surface area contributed by atoms with Crippen molar-refractivity contribution in [2.24, 2.45) is 5.92 Å². The Morgan fingerprint density at radius 3 is 2.73 bits per heavy atom. The second-order valence-corrected chi connectivity index (χ2v) is 7.86. The van der Waals surface area contributed by atoms with E-state index < -0.39 is 12.9 Å². The molecular formula is C22H26N8O3. The van der Waals surface area contributed by atoms with Gasteiger partial charge in [0.05, 0.1) is 24.0 Å². The van der Waals surface area contributed by atoms with Crippen LogP contribution in [-0.2, 0) is 4.79 Å². The van der Waals surface area contributed by atoms with Crippen LogP contribution in [0.2, 0.25) is 0 Å². The van der Waals surface area contributed by atoms with E-state index in [1.807, 2.05) is 19.2 Å². The minimum Gasteiger partial charge on any atom is -0.494 e. The number of nitrogens with one attached hydrogen (secondary N) is 3. The highest BCUT2D eigenvalue weighted by Crippen LogP contribution is 2.37. The first-order chi connectivity index (χ1) is 17.1. The van der Waals surface area contributed by atoms with Gasteiger partial charge in [-0.15, -0.1) is 10.2 Å². The number of anilines is 3. The molecule has 1 fully saturated rings. The number of carbonyl (C=O) groups excluding carboxylic acids is 2. The van der Waals surface area contributed by atoms with Crippen molar-refractivity contribution < 1.29 is 18.4 Å². The van der Waals surface area contributed by atoms with Gasteiger partial charge in [-0.05, 0) is 38.8 Å². The third-order valence-electron chi connectivity index (χ3n) is 5.09. The molecule has 2 heterocycles. The molecule has 172 valence electrons. The summed E-state index contributed by atoms with van der Waals surface area (Å²) in [5.41, 5.74) is 0.880. The maximum absolute atomic E-state index is 12.7. The fourth-order valence-corrected chi connectivity index (χ4v) is 3.17. The fraction of sp³-hybridized carbons (Fsp3) is 0.364. The molecule has 4 rings (SSSR count). The number of ether oxygens (including phenoxy) is 1. The van der Waals surface area contributed by atoms with Gasteiger partial charge in [-0.25, -0.2) is 9.67 Å². The van der Waals surface area contributed by atoms with E-state index >= 15 is 0 Å². The molecule has 33 heavy (non-hydrogen) atoms. The number of aromatic nitrogens is 5. The van der Waals surface area contributed by atoms with Gasteiger partial charge >= 0.3 is 0 Å². The Bertz CT molecular complexity index is 1290. The zero-order chi connectivity index (χ0) is 26.0. The normalized spacial score (nSPS) is 14.7. The molecule has 11 heteroatoms. The minimum atomic E-state index is -2.73. The van der Waals surface area contributed by atoms with Gasteiger partial charge in [0.1, 0.15) is 6.33 Å². The number of para-hydroxylation sites is 1. The summed E-state index contributed by atoms with van der Waals surface area (Å²) in [5.74, 6) is -0.279. The highest BCUT2D eigenvalue weighted by molar-refractivity contribution is 6.00. The highest BCUT2D eigenvalue weighted by atomic mass is 16.5. The number of methoxy groups -OCH3 is 1. The molecule has 0 spiro atoms. The number of hydrogen-bond acceptors (Lipinski definition) is 8. The van der Waals surface area contributed by atoms with Crippen LogP contribution in [0, 0.1) is 5.92 Å². The SMILES string of the molecule is [2H]C([2H])([2H])NC(=O)c1nnc(NC(=O)C2CC2)cc1Nc1cccc(-c2ncn(C(C)C)n2)c1OC. The van der Waals surface area contributed by atoms with Gasteiger partial charge in [0.25, 0.3) is 5.91 Å². The minimum absolute atomic E-state index is 0.0725. The summed E-state index contributed by atoms with van der Waals surface area (Å²) in [5, 5.41) is 19.9. The first kappa shape index (κ1) is 18.5. The Kier molecular flexibility index (Phi) is 5.18. The molecule has 0 unspecified atom stereocenters. The largest absolute Gasteiger partial charge is 0.494 e. The molecule has 1 saturated carbocycles. The first-order valence-corrected chi connectivity index (χ1v) is 10.4. The van der Waals surface area contributed by atoms with E-state index in [1.165, 1.54) is 13.2 Å². The van der Waals surface area contributed by atoms with Crippen LogP contribution in [0.25, 0.3) is 11.4 Å². The van der Waals surface area contributed by atoms with Crippen molar-refractivity contribution in [2.75, 3.05) is 24.7 Å². The van der Waals surface area contributed by atoms with Gasteiger partial charge in [0.2, 0.25) is 5.91 Å². The molecule has 1 aromatic carbocycles. The Balaban J connectivity index is 1.72. The zero-order valence-corrected chi connectivity index (χ0v) is 18.4. The topological polar surface area (TPSA) is 136 Å². The molecular weight excluding hydrogens is 424 g/mol. The van der Waals surface area contributed by atoms with Crippen molar-refractivity contribution in [3.8, 4) is 17.1 Å². The molecule has 0 bridgehead atoms. The van der Waals surface area contributed by atoms with Crippen molar-refractivity contribution in [3.05, 3.63) is 36.3 Å². The van der Waals surface area contributed by atoms with Crippen molar-refractivity contribution in [2.45, 2.75) is 32.7 Å². The Labute approximate surface area is 195 Å². The monoisotopic (exact) mass is 453 g/mol. The smallest absolute Gasteiger partial charge is 0.273 e. The number of rotatable bonds is 8. The van der Waals surface area contributed by atoms with Crippen LogP contribution in [0.5, 0.6) is 5.75 Å². The highest BCUT2D eigenvalue weighted by Gasteiger charge is 2.30. The molecule has 0 aliphatic heterocycles. The summed E-state index contributed by atoms with van der Waals surface area (Å²) >= 11 is 0. The number of amides is 2. The maximum Gasteiger partial charge on any atom is 0.273 e. The van der Waals surface area contributed by atoms with Crippen molar-refractivity contribution in [1.29, 1.82) is 0 Å². The predicted molar refractivity (Wildman–Crippen MR) is 122 cm³/mol. The van der Waals surface area contributed by atoms with E-state index in [1.54, 1.807) is 29.2 Å². The maximum atomic E-state index is 12.7. The summed E-state index contributed by atoms with van der Waals surface area (Å²) in [7, 11) is 1.48. The molecule has 2 amide bonds. The lowest BCUT2D eigenvalue weighted by Crippen LogP contribution is -2.22. The summed E-state index contributed by atoms with van der Waals surface area (Å²) in [6.45, 7) is 1.23. The quantitative estimate of drug-likeness (QED) is 0.474. The van der Waals surface area contributed by atoms with Crippen LogP contribution in [0.15, 0.2) is 30.6 Å². The second kappa shape index (κ2) is 9.23. The van der Waals surface area contributed by atoms with Crippen molar-refractivity contribution in [1.82, 2.24) is 30.3 Å². The molecule has 3 N–H and O–H groups in total. The van der Waals surface area contributed by atoms with Gasteiger partial charge in [-0.3, -0.25) is 9.59 Å². The molecule has 11 nitrogen and oxygen atoms in total. The average Bonchev–Trinajstić information content (AvgIpc) is 3.54. The second-order valence-electron chi connectivity index (χ2n) is 7.86. The van der Waals surface area contributed by atoms with Gasteiger partial charge in [-0.2, -0.15) is 5.10 Å². The van der Waals surface area contributed by atoms with Crippen LogP contribution >= 0.6 is 0 Å². The Morgan fingerprint density at radius 2 is 2.06 bits per heavy atom. The predicted octanol–water partition coefficient (Wildman–Crippen LogP) is 2.78. The summed E-state index contributed by atoms with van der Waals surface area (Å²) < 4.78 is 29.4. The lowest BCUT2D eigenvalue weighted by atomic mass is 10.1. The third-order valence-corrected chi connectivity index (χ3v) is 5.09. The summed E-state index contributed by atoms with van der Waals surface area (Å²) in [4.78, 5) is 29.3. The van der Waals surface area contributed by atoms with Crippen LogP contribution in [0.3, 0.4) is 0 Å². The lowest BCUT2D eigenvalue weighted by Gasteiger charge is -2.16. The van der Waals surface area contributed by atoms with Gasteiger partial charge in [0.15, 0.2) is 23.1 Å². The van der Waals surface area contributed by atoms with E-state index in [-0.39, 0.29) is 35.1 Å². The van der Waals surface area contributed by atoms with E-state index in [9.17, 15) is 9.59 Å². The zero-order valence-electron chi connectivity index (χ0n) is 21.4. The molecule has 2 aromatic heterocycles. The van der Waals surface area contributed by atoms with E-state index in [0.29, 0.717) is 22.8 Å². The van der Waals surface area contributed by atoms with Crippen LogP contribution in [0.1, 0.15) is 47.3 Å². The number of benzene rings is 1. The van der Waals surface area contributed by atoms with Gasteiger partial charge < -0.3 is 20.7 Å². The Morgan fingerprint density at radius 1 is 1.24 bits per heavy atom. The molecule has 0 atom stereocenters.